The van der Waals surface area contributed by atoms with Gasteiger partial charge in [0.2, 0.25) is 0 Å². The van der Waals surface area contributed by atoms with Crippen LogP contribution in [-0.2, 0) is 5.41 Å². The normalized spacial score (nSPS) is 11.7. The molecule has 24 aromatic rings. The Morgan fingerprint density at radius 3 is 0.748 bits per heavy atom. The van der Waals surface area contributed by atoms with Gasteiger partial charge in [-0.05, 0) is 207 Å². The zero-order valence-corrected chi connectivity index (χ0v) is 69.9. The first-order valence-corrected chi connectivity index (χ1v) is 42.8. The summed E-state index contributed by atoms with van der Waals surface area (Å²) < 4.78 is 9.68. The largest absolute Gasteiger partial charge is 0.309 e. The first-order chi connectivity index (χ1) is 60.4. The van der Waals surface area contributed by atoms with Crippen LogP contribution in [-0.4, -0.2) is 18.3 Å². The number of para-hydroxylation sites is 6. The van der Waals surface area contributed by atoms with E-state index in [9.17, 15) is 0 Å². The lowest BCUT2D eigenvalue weighted by Gasteiger charge is -2.20. The number of benzene rings is 20. The second kappa shape index (κ2) is 31.4. The molecule has 586 valence electrons. The van der Waals surface area contributed by atoms with Gasteiger partial charge < -0.3 is 18.3 Å². The minimum Gasteiger partial charge on any atom is -0.309 e. The highest BCUT2D eigenvalue weighted by molar-refractivity contribution is 6.26. The molecule has 4 aromatic heterocycles. The first kappa shape index (κ1) is 75.1. The molecular formula is C119H90N4. The number of hydrogen-bond acceptors (Lipinski definition) is 0. The van der Waals surface area contributed by atoms with Crippen molar-refractivity contribution in [3.8, 4) is 67.3 Å². The number of aryl methyl sites for hydroxylation is 3. The Bertz CT molecular complexity index is 8070. The minimum atomic E-state index is 0.136. The van der Waals surface area contributed by atoms with Gasteiger partial charge in [-0.1, -0.05) is 365 Å². The van der Waals surface area contributed by atoms with Gasteiger partial charge in [-0.2, -0.15) is 0 Å². The number of nitrogens with zero attached hydrogens (tertiary/aromatic N) is 4. The van der Waals surface area contributed by atoms with E-state index < -0.39 is 0 Å². The summed E-state index contributed by atoms with van der Waals surface area (Å²) in [5, 5.41) is 20.6. The van der Waals surface area contributed by atoms with Crippen molar-refractivity contribution in [3.63, 3.8) is 0 Å². The van der Waals surface area contributed by atoms with E-state index in [2.05, 4.69) is 497 Å². The topological polar surface area (TPSA) is 19.7 Å². The van der Waals surface area contributed by atoms with E-state index >= 15 is 0 Å². The number of hydrogen-bond donors (Lipinski definition) is 0. The van der Waals surface area contributed by atoms with E-state index in [-0.39, 0.29) is 5.41 Å². The van der Waals surface area contributed by atoms with E-state index in [1.165, 1.54) is 220 Å². The fraction of sp³-hybridized carbons (Fsp3) is 0.0588. The first-order valence-electron chi connectivity index (χ1n) is 42.8. The SMILES string of the molecule is CC(C)(C)c1ccc(-n2c3ccccc3c3cc(-c4ccccc4)c4ccccc4c32)cc1.Cc1ccc(-c2cc3c4ccccc4n(-c4ccccc4)c3c3ccccc23)cc1.Cc1ccc2c(-c3ccccc3)cc3c4ccccc4n(-c4ccccc4)c3c2c1.Cc1ccc2c(c1)c1cc(-c3ccccc3)c3ccccc3c1n2-c1ccccc1. The maximum Gasteiger partial charge on any atom is 0.0620 e. The summed E-state index contributed by atoms with van der Waals surface area (Å²) in [4.78, 5) is 0. The summed E-state index contributed by atoms with van der Waals surface area (Å²) in [6.07, 6.45) is 0. The predicted molar refractivity (Wildman–Crippen MR) is 528 cm³/mol. The fourth-order valence-corrected chi connectivity index (χ4v) is 19.1. The molecule has 0 saturated carbocycles. The van der Waals surface area contributed by atoms with Crippen LogP contribution >= 0.6 is 0 Å². The van der Waals surface area contributed by atoms with Crippen LogP contribution < -0.4 is 0 Å². The molecule has 4 heterocycles. The number of rotatable bonds is 8. The van der Waals surface area contributed by atoms with Crippen LogP contribution in [0.1, 0.15) is 43.0 Å². The van der Waals surface area contributed by atoms with Crippen molar-refractivity contribution >= 4 is 130 Å². The molecule has 0 N–H and O–H groups in total. The Labute approximate surface area is 716 Å². The molecule has 0 spiro atoms. The predicted octanol–water partition coefficient (Wildman–Crippen LogP) is 32.6. The Kier molecular flexibility index (Phi) is 19.2. The average molecular weight is 1580 g/mol. The molecule has 0 aliphatic heterocycles. The van der Waals surface area contributed by atoms with Crippen molar-refractivity contribution < 1.29 is 0 Å². The van der Waals surface area contributed by atoms with Gasteiger partial charge >= 0.3 is 0 Å². The summed E-state index contributed by atoms with van der Waals surface area (Å²) in [5.41, 5.74) is 30.3. The van der Waals surface area contributed by atoms with Crippen molar-refractivity contribution in [2.24, 2.45) is 0 Å². The molecule has 0 unspecified atom stereocenters. The van der Waals surface area contributed by atoms with E-state index in [4.69, 9.17) is 0 Å². The third kappa shape index (κ3) is 13.5. The van der Waals surface area contributed by atoms with Crippen molar-refractivity contribution in [1.82, 2.24) is 18.3 Å². The molecule has 0 bridgehead atoms. The summed E-state index contributed by atoms with van der Waals surface area (Å²) in [5.74, 6) is 0. The molecule has 4 heteroatoms. The standard InChI is InChI=1S/C32H27N.3C29H21N/c1-32(2,3)23-17-19-24(20-18-23)33-30-16-10-9-14-26(30)29-21-28(22-11-5-4-6-12-22)25-13-7-8-15-27(25)31(29)33;1-20-16-17-23-25(21-10-4-2-5-11-21)19-27-24-14-8-9-15-28(24)30(29(27)26(23)18-20)22-12-6-3-7-13-22;1-20-16-17-28-26(18-20)27-19-25(21-10-4-2-5-11-21)23-14-8-9-15-24(23)29(27)30(28)22-12-6-3-7-13-22;1-20-15-17-21(18-16-20)26-19-27-24-12-7-8-14-28(24)30(22-9-3-2-4-10-22)29(27)25-13-6-5-11-23(25)26/h4-21H,1-3H3;3*2-19H,1H3. The Morgan fingerprint density at radius 2 is 0.398 bits per heavy atom. The Balaban J connectivity index is 0.000000101. The number of fused-ring (bicyclic) bond motifs is 20. The second-order valence-corrected chi connectivity index (χ2v) is 33.6. The molecule has 24 rings (SSSR count). The van der Waals surface area contributed by atoms with Gasteiger partial charge in [0.1, 0.15) is 0 Å². The van der Waals surface area contributed by atoms with Crippen LogP contribution in [0.4, 0.5) is 0 Å². The van der Waals surface area contributed by atoms with E-state index in [1.54, 1.807) is 0 Å². The van der Waals surface area contributed by atoms with Crippen molar-refractivity contribution in [2.45, 2.75) is 47.0 Å². The molecule has 0 aliphatic rings. The smallest absolute Gasteiger partial charge is 0.0620 e. The Hall–Kier alpha value is -15.4. The van der Waals surface area contributed by atoms with E-state index in [1.807, 2.05) is 0 Å². The highest BCUT2D eigenvalue weighted by Crippen LogP contribution is 2.47. The minimum absolute atomic E-state index is 0.136. The van der Waals surface area contributed by atoms with Crippen LogP contribution in [0.3, 0.4) is 0 Å². The van der Waals surface area contributed by atoms with Gasteiger partial charge in [0.05, 0.1) is 44.1 Å². The van der Waals surface area contributed by atoms with Crippen LogP contribution in [0.25, 0.3) is 198 Å². The molecular weight excluding hydrogens is 1490 g/mol. The van der Waals surface area contributed by atoms with Crippen LogP contribution in [0.2, 0.25) is 0 Å². The summed E-state index contributed by atoms with van der Waals surface area (Å²) in [7, 11) is 0. The van der Waals surface area contributed by atoms with Crippen molar-refractivity contribution in [1.29, 1.82) is 0 Å². The molecule has 4 nitrogen and oxygen atoms in total. The van der Waals surface area contributed by atoms with Gasteiger partial charge in [0.25, 0.3) is 0 Å². The van der Waals surface area contributed by atoms with Crippen molar-refractivity contribution in [2.75, 3.05) is 0 Å². The third-order valence-corrected chi connectivity index (χ3v) is 24.8. The second-order valence-electron chi connectivity index (χ2n) is 33.6. The van der Waals surface area contributed by atoms with Crippen molar-refractivity contribution in [3.05, 3.63) is 459 Å². The summed E-state index contributed by atoms with van der Waals surface area (Å²) >= 11 is 0. The monoisotopic (exact) mass is 1570 g/mol. The van der Waals surface area contributed by atoms with Gasteiger partial charge in [0.15, 0.2) is 0 Å². The molecule has 0 fully saturated rings. The van der Waals surface area contributed by atoms with Crippen LogP contribution in [0, 0.1) is 20.8 Å². The molecule has 0 amide bonds. The molecule has 0 aliphatic carbocycles. The molecule has 0 saturated heterocycles. The highest BCUT2D eigenvalue weighted by atomic mass is 15.0. The summed E-state index contributed by atoms with van der Waals surface area (Å²) in [6.45, 7) is 13.3. The Morgan fingerprint density at radius 1 is 0.163 bits per heavy atom. The maximum atomic E-state index is 2.44. The highest BCUT2D eigenvalue weighted by Gasteiger charge is 2.24. The number of aromatic nitrogens is 4. The van der Waals surface area contributed by atoms with Gasteiger partial charge in [-0.15, -0.1) is 0 Å². The van der Waals surface area contributed by atoms with E-state index in [0.29, 0.717) is 0 Å². The molecule has 20 aromatic carbocycles. The average Bonchev–Trinajstić information content (AvgIpc) is 1.60. The molecule has 0 radical (unpaired) electrons. The van der Waals surface area contributed by atoms with Gasteiger partial charge in [0, 0.05) is 87.4 Å². The quantitative estimate of drug-likeness (QED) is 0.144. The zero-order valence-electron chi connectivity index (χ0n) is 69.9. The van der Waals surface area contributed by atoms with E-state index in [0.717, 1.165) is 0 Å². The zero-order chi connectivity index (χ0) is 82.8. The third-order valence-electron chi connectivity index (χ3n) is 24.8. The van der Waals surface area contributed by atoms with Crippen LogP contribution in [0.15, 0.2) is 437 Å². The molecule has 0 atom stereocenters. The van der Waals surface area contributed by atoms with Gasteiger partial charge in [-0.25, -0.2) is 0 Å². The van der Waals surface area contributed by atoms with Gasteiger partial charge in [-0.3, -0.25) is 0 Å². The fourth-order valence-electron chi connectivity index (χ4n) is 19.1. The van der Waals surface area contributed by atoms with Crippen LogP contribution in [0.5, 0.6) is 0 Å². The summed E-state index contributed by atoms with van der Waals surface area (Å²) in [6, 6.07) is 158. The molecule has 123 heavy (non-hydrogen) atoms. The lowest BCUT2D eigenvalue weighted by Crippen LogP contribution is -2.10. The maximum absolute atomic E-state index is 2.44. The lowest BCUT2D eigenvalue weighted by atomic mass is 9.87. The lowest BCUT2D eigenvalue weighted by molar-refractivity contribution is 0.590.